The maximum atomic E-state index is 12.4. The number of nitrogens with zero attached hydrogens (tertiary/aromatic N) is 4. The first-order chi connectivity index (χ1) is 28.8. The molecule has 0 fully saturated rings. The van der Waals surface area contributed by atoms with Gasteiger partial charge in [-0.05, 0) is 84.3 Å². The fourth-order valence-electron chi connectivity index (χ4n) is 6.05. The fourth-order valence-corrected chi connectivity index (χ4v) is 8.43. The molecule has 0 saturated carbocycles. The summed E-state index contributed by atoms with van der Waals surface area (Å²) in [7, 11) is -20.1. The molecule has 22 nitrogen and oxygen atoms in total. The van der Waals surface area contributed by atoms with Gasteiger partial charge in [-0.25, -0.2) is 0 Å². The fraction of sp³-hybridized carbons (Fsp3) is 0.111. The van der Waals surface area contributed by atoms with Crippen molar-refractivity contribution in [1.82, 2.24) is 0 Å². The molecule has 0 aliphatic carbocycles. The zero-order chi connectivity index (χ0) is 45.7. The standard InChI is InChI=1S/C36H30N4O18S4/c1-3-57-27-15-21(59(45,46)47)9-19-13-29(61(51,52)53)33(35(43)31(19)27)39-37-23-7-5-17(11-25(23)41)18-6-8-24(26(42)12-18)38-40-34-30(62(54,55)56)14-20-10-22(60(48,49)50)16-28(58-4-2)32(20)36(34)44/h5-16,41-44H,3-4H2,1-2H3,(H,45,46,47)(H,48,49,50)(H,51,52,53)(H,54,55,56). The van der Waals surface area contributed by atoms with Crippen molar-refractivity contribution < 1.29 is 81.8 Å². The molecule has 0 aliphatic rings. The Kier molecular flexibility index (Phi) is 11.9. The van der Waals surface area contributed by atoms with Gasteiger partial charge in [-0.1, -0.05) is 12.1 Å². The van der Waals surface area contributed by atoms with Gasteiger partial charge in [0.1, 0.15) is 55.5 Å². The Morgan fingerprint density at radius 1 is 0.468 bits per heavy atom. The molecule has 0 atom stereocenters. The zero-order valence-corrected chi connectivity index (χ0v) is 34.7. The lowest BCUT2D eigenvalue weighted by atomic mass is 10.0. The molecule has 0 saturated heterocycles. The van der Waals surface area contributed by atoms with Crippen LogP contribution >= 0.6 is 0 Å². The van der Waals surface area contributed by atoms with Crippen LogP contribution in [-0.2, 0) is 40.5 Å². The van der Waals surface area contributed by atoms with E-state index in [0.29, 0.717) is 0 Å². The van der Waals surface area contributed by atoms with Crippen LogP contribution in [-0.4, -0.2) is 85.5 Å². The highest BCUT2D eigenvalue weighted by Crippen LogP contribution is 2.48. The summed E-state index contributed by atoms with van der Waals surface area (Å²) in [5.41, 5.74) is -1.81. The summed E-state index contributed by atoms with van der Waals surface area (Å²) < 4.78 is 147. The Balaban J connectivity index is 1.36. The molecule has 6 aromatic carbocycles. The maximum Gasteiger partial charge on any atom is 0.296 e. The molecule has 0 aromatic heterocycles. The van der Waals surface area contributed by atoms with Crippen LogP contribution in [0.4, 0.5) is 22.7 Å². The van der Waals surface area contributed by atoms with Gasteiger partial charge in [0.2, 0.25) is 0 Å². The average Bonchev–Trinajstić information content (AvgIpc) is 3.16. The lowest BCUT2D eigenvalue weighted by Gasteiger charge is -2.14. The molecule has 0 spiro atoms. The highest BCUT2D eigenvalue weighted by Gasteiger charge is 2.28. The van der Waals surface area contributed by atoms with E-state index in [0.717, 1.165) is 48.5 Å². The Bertz CT molecular complexity index is 3150. The number of ether oxygens (including phenoxy) is 2. The summed E-state index contributed by atoms with van der Waals surface area (Å²) in [4.78, 5) is -3.48. The number of azo groups is 2. The molecule has 6 rings (SSSR count). The monoisotopic (exact) mass is 934 g/mol. The Morgan fingerprint density at radius 2 is 0.823 bits per heavy atom. The molecule has 0 amide bonds. The van der Waals surface area contributed by atoms with Gasteiger partial charge in [-0.2, -0.15) is 33.7 Å². The molecule has 6 aromatic rings. The van der Waals surface area contributed by atoms with Gasteiger partial charge < -0.3 is 29.9 Å². The summed E-state index contributed by atoms with van der Waals surface area (Å²) >= 11 is 0. The highest BCUT2D eigenvalue weighted by atomic mass is 32.2. The SMILES string of the molecule is CCOc1cc(S(=O)(=O)O)cc2cc(S(=O)(=O)O)c(N=Nc3ccc(-c4ccc(N=Nc5c(S(=O)(=O)O)cc6cc(S(=O)(=O)O)cc(OCC)c6c5O)c(O)c4)cc3O)c(O)c12. The van der Waals surface area contributed by atoms with E-state index in [2.05, 4.69) is 20.5 Å². The Morgan fingerprint density at radius 3 is 1.11 bits per heavy atom. The number of benzene rings is 6. The molecule has 8 N–H and O–H groups in total. The molecular weight excluding hydrogens is 905 g/mol. The van der Waals surface area contributed by atoms with Crippen LogP contribution in [0.15, 0.2) is 113 Å². The quantitative estimate of drug-likeness (QED) is 0.0423. The van der Waals surface area contributed by atoms with Crippen molar-refractivity contribution in [2.45, 2.75) is 33.4 Å². The van der Waals surface area contributed by atoms with Gasteiger partial charge in [0, 0.05) is 12.1 Å². The van der Waals surface area contributed by atoms with Crippen LogP contribution in [0.2, 0.25) is 0 Å². The second-order valence-electron chi connectivity index (χ2n) is 12.8. The van der Waals surface area contributed by atoms with E-state index in [9.17, 15) is 72.3 Å². The van der Waals surface area contributed by atoms with Crippen molar-refractivity contribution in [2.24, 2.45) is 20.5 Å². The number of aromatic hydroxyl groups is 4. The summed E-state index contributed by atoms with van der Waals surface area (Å²) in [6, 6.07) is 12.3. The second kappa shape index (κ2) is 16.4. The van der Waals surface area contributed by atoms with E-state index in [-0.39, 0.29) is 68.8 Å². The van der Waals surface area contributed by atoms with Crippen molar-refractivity contribution in [1.29, 1.82) is 0 Å². The first-order valence-corrected chi connectivity index (χ1v) is 22.9. The first-order valence-electron chi connectivity index (χ1n) is 17.2. The van der Waals surface area contributed by atoms with Gasteiger partial charge in [0.15, 0.2) is 11.5 Å². The minimum Gasteiger partial charge on any atom is -0.506 e. The van der Waals surface area contributed by atoms with Crippen LogP contribution in [0.1, 0.15) is 13.8 Å². The number of rotatable bonds is 13. The van der Waals surface area contributed by atoms with E-state index >= 15 is 0 Å². The number of fused-ring (bicyclic) bond motifs is 2. The third-order valence-electron chi connectivity index (χ3n) is 8.73. The van der Waals surface area contributed by atoms with E-state index in [1.165, 1.54) is 38.1 Å². The van der Waals surface area contributed by atoms with Crippen LogP contribution in [0, 0.1) is 0 Å². The van der Waals surface area contributed by atoms with Gasteiger partial charge in [-0.15, -0.1) is 20.5 Å². The molecule has 62 heavy (non-hydrogen) atoms. The number of phenolic OH excluding ortho intramolecular Hbond substituents is 4. The van der Waals surface area contributed by atoms with E-state index in [1.807, 2.05) is 0 Å². The van der Waals surface area contributed by atoms with E-state index in [1.54, 1.807) is 0 Å². The number of hydrogen-bond acceptors (Lipinski definition) is 18. The van der Waals surface area contributed by atoms with Crippen molar-refractivity contribution in [2.75, 3.05) is 13.2 Å². The smallest absolute Gasteiger partial charge is 0.296 e. The molecule has 0 aliphatic heterocycles. The van der Waals surface area contributed by atoms with Crippen molar-refractivity contribution in [3.05, 3.63) is 72.8 Å². The minimum atomic E-state index is -5.18. The summed E-state index contributed by atoms with van der Waals surface area (Å²) in [5, 5.41) is 58.0. The van der Waals surface area contributed by atoms with Crippen LogP contribution in [0.5, 0.6) is 34.5 Å². The van der Waals surface area contributed by atoms with Gasteiger partial charge in [0.05, 0.1) is 33.8 Å². The third-order valence-corrected chi connectivity index (χ3v) is 12.1. The predicted molar refractivity (Wildman–Crippen MR) is 216 cm³/mol. The topological polar surface area (TPSA) is 366 Å². The van der Waals surface area contributed by atoms with Gasteiger partial charge >= 0.3 is 0 Å². The number of phenols is 4. The van der Waals surface area contributed by atoms with E-state index < -0.39 is 94.4 Å². The lowest BCUT2D eigenvalue weighted by molar-refractivity contribution is 0.341. The molecule has 26 heteroatoms. The average molecular weight is 935 g/mol. The summed E-state index contributed by atoms with van der Waals surface area (Å²) in [6.07, 6.45) is 0. The molecule has 0 unspecified atom stereocenters. The van der Waals surface area contributed by atoms with Crippen LogP contribution in [0.25, 0.3) is 32.7 Å². The third kappa shape index (κ3) is 9.06. The molecule has 0 heterocycles. The normalized spacial score (nSPS) is 12.8. The van der Waals surface area contributed by atoms with Gasteiger partial charge in [-0.3, -0.25) is 18.2 Å². The first kappa shape index (κ1) is 45.0. The Labute approximate surface area is 350 Å². The second-order valence-corrected chi connectivity index (χ2v) is 18.4. The summed E-state index contributed by atoms with van der Waals surface area (Å²) in [6.45, 7) is 2.90. The highest BCUT2D eigenvalue weighted by molar-refractivity contribution is 7.86. The van der Waals surface area contributed by atoms with Crippen LogP contribution < -0.4 is 9.47 Å². The largest absolute Gasteiger partial charge is 0.506 e. The lowest BCUT2D eigenvalue weighted by Crippen LogP contribution is -2.03. The van der Waals surface area contributed by atoms with E-state index in [4.69, 9.17) is 9.47 Å². The number of hydrogen-bond donors (Lipinski definition) is 8. The van der Waals surface area contributed by atoms with Crippen LogP contribution in [0.3, 0.4) is 0 Å². The predicted octanol–water partition coefficient (Wildman–Crippen LogP) is 7.10. The molecular formula is C36H30N4O18S4. The maximum absolute atomic E-state index is 12.4. The Hall–Kier alpha value is -6.52. The van der Waals surface area contributed by atoms with Crippen molar-refractivity contribution >= 4 is 84.8 Å². The minimum absolute atomic E-state index is 0.0680. The van der Waals surface area contributed by atoms with Crippen molar-refractivity contribution in [3.8, 4) is 45.6 Å². The zero-order valence-electron chi connectivity index (χ0n) is 31.4. The molecule has 0 bridgehead atoms. The summed E-state index contributed by atoms with van der Waals surface area (Å²) in [5.74, 6) is -3.61. The van der Waals surface area contributed by atoms with Gasteiger partial charge in [0.25, 0.3) is 40.5 Å². The molecule has 326 valence electrons. The molecule has 0 radical (unpaired) electrons. The van der Waals surface area contributed by atoms with Crippen molar-refractivity contribution in [3.63, 3.8) is 0 Å².